The summed E-state index contributed by atoms with van der Waals surface area (Å²) in [6.45, 7) is 7.71. The molecule has 33 heavy (non-hydrogen) atoms. The number of esters is 1. The number of methoxy groups -OCH3 is 1. The summed E-state index contributed by atoms with van der Waals surface area (Å²) in [4.78, 5) is 36.4. The fraction of sp³-hybridized carbons (Fsp3) is 0.231. The van der Waals surface area contributed by atoms with Gasteiger partial charge in [0.05, 0.1) is 12.4 Å². The standard InChI is InChI=1S/C26H24N2O3S2/c1-14-6-10-18(11-7-14)21(29)23(19-12-8-15(2)9-13-19)33-25-20-16(3)22(26(30)31-5)32-24(20)27-17(4)28-25/h6-13,23H,1-5H3/t23-/m1/s1. The highest BCUT2D eigenvalue weighted by molar-refractivity contribution is 8.00. The first-order valence-corrected chi connectivity index (χ1v) is 12.2. The van der Waals surface area contributed by atoms with Gasteiger partial charge in [-0.3, -0.25) is 4.79 Å². The van der Waals surface area contributed by atoms with E-state index < -0.39 is 11.2 Å². The topological polar surface area (TPSA) is 69.2 Å². The van der Waals surface area contributed by atoms with Crippen LogP contribution in [0.5, 0.6) is 0 Å². The Morgan fingerprint density at radius 1 is 0.909 bits per heavy atom. The van der Waals surface area contributed by atoms with Crippen LogP contribution in [0.2, 0.25) is 0 Å². The summed E-state index contributed by atoms with van der Waals surface area (Å²) in [5.74, 6) is 0.206. The van der Waals surface area contributed by atoms with Crippen LogP contribution in [0, 0.1) is 27.7 Å². The number of thiophene rings is 1. The smallest absolute Gasteiger partial charge is 0.348 e. The molecule has 4 rings (SSSR count). The largest absolute Gasteiger partial charge is 0.465 e. The molecule has 0 saturated carbocycles. The van der Waals surface area contributed by atoms with Gasteiger partial charge in [0.1, 0.15) is 20.6 Å². The molecule has 0 unspecified atom stereocenters. The Balaban J connectivity index is 1.84. The Hall–Kier alpha value is -3.03. The Morgan fingerprint density at radius 3 is 2.12 bits per heavy atom. The van der Waals surface area contributed by atoms with Crippen LogP contribution in [-0.4, -0.2) is 28.8 Å². The summed E-state index contributed by atoms with van der Waals surface area (Å²) in [6, 6.07) is 15.6. The van der Waals surface area contributed by atoms with Crippen LogP contribution in [0.4, 0.5) is 0 Å². The van der Waals surface area contributed by atoms with E-state index in [0.29, 0.717) is 26.1 Å². The predicted molar refractivity (Wildman–Crippen MR) is 134 cm³/mol. The lowest BCUT2D eigenvalue weighted by Crippen LogP contribution is -2.11. The number of hydrogen-bond donors (Lipinski definition) is 0. The summed E-state index contributed by atoms with van der Waals surface area (Å²) in [7, 11) is 1.37. The Morgan fingerprint density at radius 2 is 1.52 bits per heavy atom. The van der Waals surface area contributed by atoms with Crippen LogP contribution in [0.3, 0.4) is 0 Å². The van der Waals surface area contributed by atoms with E-state index in [1.165, 1.54) is 30.2 Å². The van der Waals surface area contributed by atoms with Crippen molar-refractivity contribution in [2.24, 2.45) is 0 Å². The van der Waals surface area contributed by atoms with Gasteiger partial charge in [0.2, 0.25) is 0 Å². The van der Waals surface area contributed by atoms with Gasteiger partial charge in [0, 0.05) is 10.9 Å². The number of rotatable bonds is 6. The monoisotopic (exact) mass is 476 g/mol. The molecular formula is C26H24N2O3S2. The molecule has 5 nitrogen and oxygen atoms in total. The number of hydrogen-bond acceptors (Lipinski definition) is 7. The zero-order chi connectivity index (χ0) is 23.7. The van der Waals surface area contributed by atoms with E-state index in [1.807, 2.05) is 76.2 Å². The zero-order valence-electron chi connectivity index (χ0n) is 19.1. The first kappa shape index (κ1) is 23.1. The van der Waals surface area contributed by atoms with Gasteiger partial charge in [-0.05, 0) is 38.8 Å². The van der Waals surface area contributed by atoms with Gasteiger partial charge < -0.3 is 4.74 Å². The highest BCUT2D eigenvalue weighted by Crippen LogP contribution is 2.43. The van der Waals surface area contributed by atoms with Crippen molar-refractivity contribution in [3.05, 3.63) is 87.0 Å². The van der Waals surface area contributed by atoms with E-state index in [2.05, 4.69) is 9.97 Å². The normalized spacial score (nSPS) is 12.0. The second kappa shape index (κ2) is 9.45. The van der Waals surface area contributed by atoms with Crippen LogP contribution in [-0.2, 0) is 4.74 Å². The molecule has 0 aliphatic rings. The molecule has 1 atom stereocenters. The fourth-order valence-corrected chi connectivity index (χ4v) is 6.09. The van der Waals surface area contributed by atoms with Crippen molar-refractivity contribution in [3.63, 3.8) is 0 Å². The maximum absolute atomic E-state index is 13.7. The van der Waals surface area contributed by atoms with Crippen molar-refractivity contribution >= 4 is 45.1 Å². The van der Waals surface area contributed by atoms with Gasteiger partial charge in [-0.15, -0.1) is 11.3 Å². The zero-order valence-corrected chi connectivity index (χ0v) is 20.8. The molecular weight excluding hydrogens is 452 g/mol. The van der Waals surface area contributed by atoms with E-state index in [9.17, 15) is 9.59 Å². The number of carbonyl (C=O) groups is 2. The highest BCUT2D eigenvalue weighted by Gasteiger charge is 2.27. The third kappa shape index (κ3) is 4.70. The van der Waals surface area contributed by atoms with Gasteiger partial charge in [-0.1, -0.05) is 71.4 Å². The molecule has 0 fully saturated rings. The molecule has 0 saturated heterocycles. The minimum absolute atomic E-state index is 0.00865. The highest BCUT2D eigenvalue weighted by atomic mass is 32.2. The molecule has 0 N–H and O–H groups in total. The van der Waals surface area contributed by atoms with Crippen molar-refractivity contribution in [2.45, 2.75) is 38.0 Å². The van der Waals surface area contributed by atoms with Gasteiger partial charge in [0.25, 0.3) is 0 Å². The minimum atomic E-state index is -0.494. The predicted octanol–water partition coefficient (Wildman–Crippen LogP) is 6.43. The van der Waals surface area contributed by atoms with Crippen LogP contribution in [0.25, 0.3) is 10.2 Å². The first-order chi connectivity index (χ1) is 15.8. The Bertz CT molecular complexity index is 1340. The van der Waals surface area contributed by atoms with Gasteiger partial charge in [-0.2, -0.15) is 0 Å². The number of aromatic nitrogens is 2. The third-order valence-electron chi connectivity index (χ3n) is 5.42. The Kier molecular flexibility index (Phi) is 6.63. The lowest BCUT2D eigenvalue weighted by Gasteiger charge is -2.17. The SMILES string of the molecule is COC(=O)c1sc2nc(C)nc(S[C@@H](C(=O)c3ccc(C)cc3)c3ccc(C)cc3)c2c1C. The molecule has 0 radical (unpaired) electrons. The molecule has 2 heterocycles. The lowest BCUT2D eigenvalue weighted by molar-refractivity contribution is 0.0605. The van der Waals surface area contributed by atoms with Gasteiger partial charge >= 0.3 is 5.97 Å². The van der Waals surface area contributed by atoms with Crippen LogP contribution < -0.4 is 0 Å². The Labute approximate surface area is 201 Å². The molecule has 7 heteroatoms. The number of Topliss-reactive ketones (excluding diaryl/α,β-unsaturated/α-hetero) is 1. The summed E-state index contributed by atoms with van der Waals surface area (Å²) >= 11 is 2.69. The third-order valence-corrected chi connectivity index (χ3v) is 7.83. The number of ether oxygens (including phenoxy) is 1. The fourth-order valence-electron chi connectivity index (χ4n) is 3.57. The number of thioether (sulfide) groups is 1. The van der Waals surface area contributed by atoms with Crippen molar-refractivity contribution in [1.82, 2.24) is 9.97 Å². The average Bonchev–Trinajstić information content (AvgIpc) is 3.13. The van der Waals surface area contributed by atoms with E-state index in [0.717, 1.165) is 27.6 Å². The number of fused-ring (bicyclic) bond motifs is 1. The molecule has 0 spiro atoms. The molecule has 2 aromatic carbocycles. The molecule has 4 aromatic rings. The molecule has 0 bridgehead atoms. The number of aryl methyl sites for hydroxylation is 4. The quantitative estimate of drug-likeness (QED) is 0.138. The van der Waals surface area contributed by atoms with Gasteiger partial charge in [-0.25, -0.2) is 14.8 Å². The molecule has 0 aliphatic carbocycles. The van der Waals surface area contributed by atoms with E-state index >= 15 is 0 Å². The molecule has 2 aromatic heterocycles. The maximum atomic E-state index is 13.7. The molecule has 168 valence electrons. The summed E-state index contributed by atoms with van der Waals surface area (Å²) in [6.07, 6.45) is 0. The van der Waals surface area contributed by atoms with Crippen molar-refractivity contribution in [3.8, 4) is 0 Å². The number of benzene rings is 2. The average molecular weight is 477 g/mol. The number of carbonyl (C=O) groups excluding carboxylic acids is 2. The maximum Gasteiger partial charge on any atom is 0.348 e. The number of ketones is 1. The van der Waals surface area contributed by atoms with Crippen LogP contribution in [0.15, 0.2) is 53.6 Å². The lowest BCUT2D eigenvalue weighted by atomic mass is 10.0. The van der Waals surface area contributed by atoms with Crippen LogP contribution >= 0.6 is 23.1 Å². The second-order valence-corrected chi connectivity index (χ2v) is 10.0. The van der Waals surface area contributed by atoms with Crippen molar-refractivity contribution < 1.29 is 14.3 Å². The van der Waals surface area contributed by atoms with Crippen LogP contribution in [0.1, 0.15) is 53.4 Å². The van der Waals surface area contributed by atoms with Gasteiger partial charge in [0.15, 0.2) is 5.78 Å². The number of nitrogens with zero attached hydrogens (tertiary/aromatic N) is 2. The van der Waals surface area contributed by atoms with E-state index in [-0.39, 0.29) is 5.78 Å². The van der Waals surface area contributed by atoms with E-state index in [4.69, 9.17) is 4.74 Å². The van der Waals surface area contributed by atoms with Crippen molar-refractivity contribution in [2.75, 3.05) is 7.11 Å². The van der Waals surface area contributed by atoms with Crippen molar-refractivity contribution in [1.29, 1.82) is 0 Å². The molecule has 0 aliphatic heterocycles. The summed E-state index contributed by atoms with van der Waals surface area (Å²) in [5.41, 5.74) is 4.56. The molecule has 0 amide bonds. The van der Waals surface area contributed by atoms with E-state index in [1.54, 1.807) is 0 Å². The minimum Gasteiger partial charge on any atom is -0.465 e. The first-order valence-electron chi connectivity index (χ1n) is 10.5. The summed E-state index contributed by atoms with van der Waals surface area (Å²) < 4.78 is 4.95. The summed E-state index contributed by atoms with van der Waals surface area (Å²) in [5, 5.41) is 0.990. The second-order valence-electron chi connectivity index (χ2n) is 7.94.